The molecular formula is C14H17F. The molecule has 0 bridgehead atoms. The van der Waals surface area contributed by atoms with Gasteiger partial charge in [0, 0.05) is 0 Å². The molecule has 1 aromatic rings. The summed E-state index contributed by atoms with van der Waals surface area (Å²) in [5.41, 5.74) is 0.973. The molecule has 0 nitrogen and oxygen atoms in total. The van der Waals surface area contributed by atoms with E-state index in [1.807, 2.05) is 6.07 Å². The second kappa shape index (κ2) is 5.11. The molecule has 2 rings (SSSR count). The molecule has 1 aromatic carbocycles. The van der Waals surface area contributed by atoms with E-state index in [0.29, 0.717) is 5.92 Å². The lowest BCUT2D eigenvalue weighted by atomic mass is 9.89. The molecule has 0 aromatic heterocycles. The summed E-state index contributed by atoms with van der Waals surface area (Å²) in [7, 11) is 0. The van der Waals surface area contributed by atoms with Crippen molar-refractivity contribution in [1.29, 1.82) is 0 Å². The van der Waals surface area contributed by atoms with Crippen LogP contribution in [0.2, 0.25) is 0 Å². The van der Waals surface area contributed by atoms with E-state index in [4.69, 9.17) is 0 Å². The van der Waals surface area contributed by atoms with Gasteiger partial charge in [0.15, 0.2) is 0 Å². The van der Waals surface area contributed by atoms with Gasteiger partial charge < -0.3 is 0 Å². The van der Waals surface area contributed by atoms with Crippen LogP contribution in [0.15, 0.2) is 30.3 Å². The highest BCUT2D eigenvalue weighted by molar-refractivity contribution is 5.49. The molecular weight excluding hydrogens is 187 g/mol. The van der Waals surface area contributed by atoms with Crippen molar-refractivity contribution in [2.24, 2.45) is 5.92 Å². The summed E-state index contributed by atoms with van der Waals surface area (Å²) in [6.07, 6.45) is 11.0. The zero-order valence-electron chi connectivity index (χ0n) is 8.95. The van der Waals surface area contributed by atoms with Crippen molar-refractivity contribution in [2.75, 3.05) is 0 Å². The van der Waals surface area contributed by atoms with Gasteiger partial charge in [-0.1, -0.05) is 43.5 Å². The third kappa shape index (κ3) is 3.19. The van der Waals surface area contributed by atoms with E-state index in [1.165, 1.54) is 38.2 Å². The number of hydrogen-bond donors (Lipinski definition) is 0. The lowest BCUT2D eigenvalue weighted by Gasteiger charge is -2.17. The second-order valence-electron chi connectivity index (χ2n) is 4.31. The van der Waals surface area contributed by atoms with Crippen molar-refractivity contribution in [3.63, 3.8) is 0 Å². The van der Waals surface area contributed by atoms with E-state index in [-0.39, 0.29) is 5.82 Å². The molecule has 1 aliphatic carbocycles. The van der Waals surface area contributed by atoms with Crippen LogP contribution >= 0.6 is 0 Å². The first kappa shape index (κ1) is 10.4. The van der Waals surface area contributed by atoms with Crippen LogP contribution in [-0.2, 0) is 0 Å². The van der Waals surface area contributed by atoms with Crippen LogP contribution in [0.25, 0.3) is 6.08 Å². The quantitative estimate of drug-likeness (QED) is 0.669. The monoisotopic (exact) mass is 204 g/mol. The summed E-state index contributed by atoms with van der Waals surface area (Å²) in [6.45, 7) is 0. The Bertz CT molecular complexity index is 335. The fraction of sp³-hybridized carbons (Fsp3) is 0.429. The van der Waals surface area contributed by atoms with Gasteiger partial charge in [0.05, 0.1) is 0 Å². The molecule has 1 aliphatic rings. The lowest BCUT2D eigenvalue weighted by Crippen LogP contribution is -2.02. The van der Waals surface area contributed by atoms with Crippen molar-refractivity contribution < 1.29 is 4.39 Å². The summed E-state index contributed by atoms with van der Waals surface area (Å²) in [6, 6.07) is 6.77. The molecule has 0 N–H and O–H groups in total. The molecule has 0 spiro atoms. The minimum Gasteiger partial charge on any atom is -0.207 e. The van der Waals surface area contributed by atoms with Crippen molar-refractivity contribution >= 4 is 6.08 Å². The van der Waals surface area contributed by atoms with Crippen molar-refractivity contribution in [2.45, 2.75) is 32.1 Å². The third-order valence-corrected chi connectivity index (χ3v) is 3.06. The fourth-order valence-electron chi connectivity index (χ4n) is 2.18. The van der Waals surface area contributed by atoms with Gasteiger partial charge >= 0.3 is 0 Å². The van der Waals surface area contributed by atoms with Crippen molar-refractivity contribution in [3.8, 4) is 0 Å². The highest BCUT2D eigenvalue weighted by atomic mass is 19.1. The van der Waals surface area contributed by atoms with E-state index in [0.717, 1.165) is 5.56 Å². The smallest absolute Gasteiger partial charge is 0.123 e. The summed E-state index contributed by atoms with van der Waals surface area (Å²) < 4.78 is 12.9. The summed E-state index contributed by atoms with van der Waals surface area (Å²) in [4.78, 5) is 0. The first-order valence-corrected chi connectivity index (χ1v) is 5.78. The highest BCUT2D eigenvalue weighted by Gasteiger charge is 2.09. The number of rotatable bonds is 2. The van der Waals surface area contributed by atoms with Gasteiger partial charge in [-0.25, -0.2) is 4.39 Å². The zero-order valence-corrected chi connectivity index (χ0v) is 8.95. The van der Waals surface area contributed by atoms with Gasteiger partial charge in [0.25, 0.3) is 0 Å². The Morgan fingerprint density at radius 3 is 2.67 bits per heavy atom. The average Bonchev–Trinajstić information content (AvgIpc) is 2.28. The SMILES string of the molecule is Fc1cccc(/C=C/C2CCCCC2)c1. The predicted molar refractivity (Wildman–Crippen MR) is 62.0 cm³/mol. The molecule has 1 saturated carbocycles. The second-order valence-corrected chi connectivity index (χ2v) is 4.31. The molecule has 80 valence electrons. The molecule has 1 heteroatoms. The molecule has 1 fully saturated rings. The fourth-order valence-corrected chi connectivity index (χ4v) is 2.18. The van der Waals surface area contributed by atoms with Gasteiger partial charge in [0.2, 0.25) is 0 Å². The Kier molecular flexibility index (Phi) is 3.54. The van der Waals surface area contributed by atoms with E-state index >= 15 is 0 Å². The number of halogens is 1. The number of allylic oxidation sites excluding steroid dienone is 1. The minimum absolute atomic E-state index is 0.152. The van der Waals surface area contributed by atoms with Crippen molar-refractivity contribution in [3.05, 3.63) is 41.7 Å². The summed E-state index contributed by atoms with van der Waals surface area (Å²) in [5, 5.41) is 0. The Morgan fingerprint density at radius 2 is 1.93 bits per heavy atom. The van der Waals surface area contributed by atoms with Gasteiger partial charge in [-0.15, -0.1) is 0 Å². The largest absolute Gasteiger partial charge is 0.207 e. The van der Waals surface area contributed by atoms with Gasteiger partial charge in [-0.05, 0) is 36.5 Å². The normalized spacial score (nSPS) is 18.5. The Balaban J connectivity index is 1.97. The first-order valence-electron chi connectivity index (χ1n) is 5.78. The standard InChI is InChI=1S/C14H17F/c15-14-8-4-7-13(11-14)10-9-12-5-2-1-3-6-12/h4,7-12H,1-3,5-6H2/b10-9+. The molecule has 15 heavy (non-hydrogen) atoms. The van der Waals surface area contributed by atoms with E-state index < -0.39 is 0 Å². The molecule has 0 amide bonds. The van der Waals surface area contributed by atoms with E-state index in [2.05, 4.69) is 12.2 Å². The van der Waals surface area contributed by atoms with Crippen LogP contribution < -0.4 is 0 Å². The van der Waals surface area contributed by atoms with Gasteiger partial charge in [-0.2, -0.15) is 0 Å². The van der Waals surface area contributed by atoms with Crippen molar-refractivity contribution in [1.82, 2.24) is 0 Å². The third-order valence-electron chi connectivity index (χ3n) is 3.06. The summed E-state index contributed by atoms with van der Waals surface area (Å²) in [5.74, 6) is 0.558. The molecule has 0 saturated heterocycles. The van der Waals surface area contributed by atoms with Gasteiger partial charge in [-0.3, -0.25) is 0 Å². The first-order chi connectivity index (χ1) is 7.34. The molecule has 0 heterocycles. The van der Waals surface area contributed by atoms with E-state index in [9.17, 15) is 4.39 Å². The van der Waals surface area contributed by atoms with Crippen LogP contribution in [0.5, 0.6) is 0 Å². The molecule has 0 aliphatic heterocycles. The molecule has 0 unspecified atom stereocenters. The maximum Gasteiger partial charge on any atom is 0.123 e. The van der Waals surface area contributed by atoms with E-state index in [1.54, 1.807) is 12.1 Å². The number of benzene rings is 1. The summed E-state index contributed by atoms with van der Waals surface area (Å²) >= 11 is 0. The van der Waals surface area contributed by atoms with Crippen LogP contribution in [-0.4, -0.2) is 0 Å². The number of hydrogen-bond acceptors (Lipinski definition) is 0. The minimum atomic E-state index is -0.152. The van der Waals surface area contributed by atoms with Crippen LogP contribution in [0.4, 0.5) is 4.39 Å². The van der Waals surface area contributed by atoms with Crippen LogP contribution in [0.1, 0.15) is 37.7 Å². The topological polar surface area (TPSA) is 0 Å². The average molecular weight is 204 g/mol. The maximum absolute atomic E-state index is 12.9. The van der Waals surface area contributed by atoms with Crippen LogP contribution in [0, 0.1) is 11.7 Å². The molecule has 0 radical (unpaired) electrons. The predicted octanol–water partition coefficient (Wildman–Crippen LogP) is 4.42. The van der Waals surface area contributed by atoms with Crippen LogP contribution in [0.3, 0.4) is 0 Å². The highest BCUT2D eigenvalue weighted by Crippen LogP contribution is 2.25. The maximum atomic E-state index is 12.9. The van der Waals surface area contributed by atoms with Gasteiger partial charge in [0.1, 0.15) is 5.82 Å². The Labute approximate surface area is 90.8 Å². The Morgan fingerprint density at radius 1 is 1.13 bits per heavy atom. The zero-order chi connectivity index (χ0) is 10.5. The Hall–Kier alpha value is -1.11. The lowest BCUT2D eigenvalue weighted by molar-refractivity contribution is 0.420. The molecule has 0 atom stereocenters.